The standard InChI is InChI=1S/C35H43N7O4/c1-23(2)20-25-5-7-26(8-6-25)21-30(44)42-18-16-41(17-19-42)29(43)4-3-15-37-33(45)27-12-9-24(10-13-27)11-14-28-22-38-32-31(28)34(46)40-35(36)39-32/h5-10,12-13,22-23H,3-4,11,14-21H2,1-2H3,(H,37,45)(H4,36,38,39,40,46). The number of nitrogens with one attached hydrogen (secondary N) is 3. The summed E-state index contributed by atoms with van der Waals surface area (Å²) in [5, 5.41) is 3.41. The molecule has 0 atom stereocenters. The lowest BCUT2D eigenvalue weighted by Gasteiger charge is -2.35. The first-order valence-corrected chi connectivity index (χ1v) is 16.0. The molecule has 0 radical (unpaired) electrons. The Hall–Kier alpha value is -4.93. The summed E-state index contributed by atoms with van der Waals surface area (Å²) >= 11 is 0. The molecule has 2 aromatic heterocycles. The van der Waals surface area contributed by atoms with Crippen LogP contribution < -0.4 is 16.6 Å². The number of nitrogens with zero attached hydrogens (tertiary/aromatic N) is 3. The predicted molar refractivity (Wildman–Crippen MR) is 178 cm³/mol. The summed E-state index contributed by atoms with van der Waals surface area (Å²) in [7, 11) is 0. The van der Waals surface area contributed by atoms with Crippen LogP contribution in [0.1, 0.15) is 59.3 Å². The van der Waals surface area contributed by atoms with Crippen molar-refractivity contribution in [2.75, 3.05) is 38.5 Å². The number of hydrogen-bond donors (Lipinski definition) is 4. The molecule has 46 heavy (non-hydrogen) atoms. The third-order valence-electron chi connectivity index (χ3n) is 8.40. The second-order valence-corrected chi connectivity index (χ2v) is 12.4. The maximum Gasteiger partial charge on any atom is 0.262 e. The molecule has 11 heteroatoms. The minimum atomic E-state index is -0.267. The molecule has 242 valence electrons. The van der Waals surface area contributed by atoms with Crippen molar-refractivity contribution in [3.05, 3.63) is 92.9 Å². The van der Waals surface area contributed by atoms with Crippen molar-refractivity contribution >= 4 is 34.7 Å². The molecular formula is C35H43N7O4. The molecule has 1 fully saturated rings. The average molecular weight is 626 g/mol. The lowest BCUT2D eigenvalue weighted by Crippen LogP contribution is -2.51. The third-order valence-corrected chi connectivity index (χ3v) is 8.40. The van der Waals surface area contributed by atoms with Gasteiger partial charge < -0.3 is 25.8 Å². The SMILES string of the molecule is CC(C)Cc1ccc(CC(=O)N2CCN(C(=O)CCCNC(=O)c3ccc(CCc4c[nH]c5nc(N)[nH]c(=O)c45)cc3)CC2)cc1. The number of aromatic nitrogens is 3. The molecule has 5 N–H and O–H groups in total. The molecule has 0 unspecified atom stereocenters. The second kappa shape index (κ2) is 14.9. The van der Waals surface area contributed by atoms with Gasteiger partial charge in [0.15, 0.2) is 0 Å². The molecule has 4 aromatic rings. The van der Waals surface area contributed by atoms with Gasteiger partial charge in [0.05, 0.1) is 11.8 Å². The molecule has 3 heterocycles. The summed E-state index contributed by atoms with van der Waals surface area (Å²) < 4.78 is 0. The van der Waals surface area contributed by atoms with Gasteiger partial charge in [0, 0.05) is 50.9 Å². The highest BCUT2D eigenvalue weighted by Crippen LogP contribution is 2.16. The number of aryl methyl sites for hydroxylation is 2. The van der Waals surface area contributed by atoms with E-state index >= 15 is 0 Å². The van der Waals surface area contributed by atoms with Gasteiger partial charge >= 0.3 is 0 Å². The average Bonchev–Trinajstić information content (AvgIpc) is 3.46. The Morgan fingerprint density at radius 2 is 1.52 bits per heavy atom. The van der Waals surface area contributed by atoms with E-state index in [1.54, 1.807) is 18.3 Å². The number of H-pyrrole nitrogens is 2. The van der Waals surface area contributed by atoms with Crippen LogP contribution in [0, 0.1) is 5.92 Å². The van der Waals surface area contributed by atoms with Gasteiger partial charge in [-0.2, -0.15) is 4.98 Å². The van der Waals surface area contributed by atoms with Crippen LogP contribution in [-0.2, 0) is 35.3 Å². The van der Waals surface area contributed by atoms with Gasteiger partial charge in [-0.05, 0) is 66.0 Å². The summed E-state index contributed by atoms with van der Waals surface area (Å²) in [6.07, 6.45) is 5.38. The van der Waals surface area contributed by atoms with Crippen molar-refractivity contribution in [1.82, 2.24) is 30.1 Å². The number of aromatic amines is 2. The zero-order valence-corrected chi connectivity index (χ0v) is 26.6. The number of nitrogens with two attached hydrogens (primary N) is 1. The topological polar surface area (TPSA) is 157 Å². The fourth-order valence-corrected chi connectivity index (χ4v) is 5.88. The van der Waals surface area contributed by atoms with E-state index < -0.39 is 0 Å². The summed E-state index contributed by atoms with van der Waals surface area (Å²) in [5.41, 5.74) is 10.5. The van der Waals surface area contributed by atoms with Gasteiger partial charge in [-0.1, -0.05) is 50.2 Å². The number of benzene rings is 2. The second-order valence-electron chi connectivity index (χ2n) is 12.4. The molecule has 0 bridgehead atoms. The van der Waals surface area contributed by atoms with Crippen molar-refractivity contribution in [3.63, 3.8) is 0 Å². The number of nitrogen functional groups attached to an aromatic ring is 1. The van der Waals surface area contributed by atoms with Gasteiger partial charge in [0.1, 0.15) is 5.65 Å². The molecule has 5 rings (SSSR count). The maximum atomic E-state index is 12.8. The molecule has 0 spiro atoms. The van der Waals surface area contributed by atoms with E-state index in [4.69, 9.17) is 5.73 Å². The summed E-state index contributed by atoms with van der Waals surface area (Å²) in [4.78, 5) is 63.8. The lowest BCUT2D eigenvalue weighted by atomic mass is 10.0. The Kier molecular flexibility index (Phi) is 10.5. The largest absolute Gasteiger partial charge is 0.369 e. The number of piperazine rings is 1. The lowest BCUT2D eigenvalue weighted by molar-refractivity contribution is -0.139. The summed E-state index contributed by atoms with van der Waals surface area (Å²) in [6, 6.07) is 15.7. The van der Waals surface area contributed by atoms with E-state index in [0.29, 0.717) is 87.3 Å². The van der Waals surface area contributed by atoms with E-state index in [0.717, 1.165) is 23.1 Å². The maximum absolute atomic E-state index is 12.8. The first-order valence-electron chi connectivity index (χ1n) is 16.0. The highest BCUT2D eigenvalue weighted by atomic mass is 16.2. The van der Waals surface area contributed by atoms with Crippen LogP contribution in [0.3, 0.4) is 0 Å². The Labute approximate surface area is 268 Å². The van der Waals surface area contributed by atoms with E-state index in [2.05, 4.69) is 46.2 Å². The molecule has 1 aliphatic rings. The highest BCUT2D eigenvalue weighted by molar-refractivity contribution is 5.94. The number of rotatable bonds is 12. The molecule has 1 aliphatic heterocycles. The normalized spacial score (nSPS) is 13.4. The van der Waals surface area contributed by atoms with Crippen molar-refractivity contribution in [2.45, 2.75) is 52.4 Å². The van der Waals surface area contributed by atoms with E-state index in [-0.39, 0.29) is 29.2 Å². The van der Waals surface area contributed by atoms with Crippen molar-refractivity contribution in [2.24, 2.45) is 5.92 Å². The van der Waals surface area contributed by atoms with Gasteiger partial charge in [-0.3, -0.25) is 24.2 Å². The van der Waals surface area contributed by atoms with Crippen LogP contribution in [0.15, 0.2) is 59.5 Å². The number of amides is 3. The third kappa shape index (κ3) is 8.41. The quantitative estimate of drug-likeness (QED) is 0.177. The van der Waals surface area contributed by atoms with E-state index in [1.807, 2.05) is 34.1 Å². The van der Waals surface area contributed by atoms with Crippen molar-refractivity contribution in [3.8, 4) is 0 Å². The van der Waals surface area contributed by atoms with Crippen LogP contribution in [0.5, 0.6) is 0 Å². The molecule has 1 saturated heterocycles. The Balaban J connectivity index is 0.984. The van der Waals surface area contributed by atoms with Crippen LogP contribution in [0.25, 0.3) is 11.0 Å². The molecular weight excluding hydrogens is 582 g/mol. The van der Waals surface area contributed by atoms with Crippen molar-refractivity contribution < 1.29 is 14.4 Å². The number of anilines is 1. The van der Waals surface area contributed by atoms with Crippen molar-refractivity contribution in [1.29, 1.82) is 0 Å². The zero-order valence-electron chi connectivity index (χ0n) is 26.6. The molecule has 2 aromatic carbocycles. The van der Waals surface area contributed by atoms with Gasteiger partial charge in [0.25, 0.3) is 11.5 Å². The minimum absolute atomic E-state index is 0.0443. The zero-order chi connectivity index (χ0) is 32.6. The van der Waals surface area contributed by atoms with Crippen LogP contribution in [0.4, 0.5) is 5.95 Å². The first kappa shape index (κ1) is 32.5. The number of hydrogen-bond acceptors (Lipinski definition) is 6. The fraction of sp³-hybridized carbons (Fsp3) is 0.400. The van der Waals surface area contributed by atoms with Gasteiger partial charge in [-0.15, -0.1) is 0 Å². The smallest absolute Gasteiger partial charge is 0.262 e. The monoisotopic (exact) mass is 625 g/mol. The minimum Gasteiger partial charge on any atom is -0.369 e. The molecule has 0 saturated carbocycles. The molecule has 3 amide bonds. The predicted octanol–water partition coefficient (Wildman–Crippen LogP) is 3.24. The molecule has 0 aliphatic carbocycles. The highest BCUT2D eigenvalue weighted by Gasteiger charge is 2.24. The summed E-state index contributed by atoms with van der Waals surface area (Å²) in [5.74, 6) is 0.618. The Bertz CT molecular complexity index is 1720. The van der Waals surface area contributed by atoms with Crippen LogP contribution in [-0.4, -0.2) is 75.2 Å². The van der Waals surface area contributed by atoms with Gasteiger partial charge in [0.2, 0.25) is 17.8 Å². The first-order chi connectivity index (χ1) is 22.2. The fourth-order valence-electron chi connectivity index (χ4n) is 5.88. The van der Waals surface area contributed by atoms with Gasteiger partial charge in [-0.25, -0.2) is 0 Å². The summed E-state index contributed by atoms with van der Waals surface area (Å²) in [6.45, 7) is 6.91. The van der Waals surface area contributed by atoms with E-state index in [9.17, 15) is 19.2 Å². The molecule has 11 nitrogen and oxygen atoms in total. The number of carbonyl (C=O) groups excluding carboxylic acids is 3. The van der Waals surface area contributed by atoms with E-state index in [1.165, 1.54) is 5.56 Å². The van der Waals surface area contributed by atoms with Crippen LogP contribution in [0.2, 0.25) is 0 Å². The number of carbonyl (C=O) groups is 3. The Morgan fingerprint density at radius 1 is 0.891 bits per heavy atom. The van der Waals surface area contributed by atoms with Crippen LogP contribution >= 0.6 is 0 Å². The Morgan fingerprint density at radius 3 is 2.20 bits per heavy atom. The number of fused-ring (bicyclic) bond motifs is 1.